The number of hydrogen-bond acceptors (Lipinski definition) is 5. The molecule has 1 fully saturated rings. The highest BCUT2D eigenvalue weighted by atomic mass is 19.3. The van der Waals surface area contributed by atoms with Gasteiger partial charge in [0.25, 0.3) is 0 Å². The van der Waals surface area contributed by atoms with E-state index in [9.17, 15) is 8.78 Å². The van der Waals surface area contributed by atoms with Crippen LogP contribution in [0, 0.1) is 0 Å². The number of hydrogen-bond donors (Lipinski definition) is 2. The molecule has 2 N–H and O–H groups in total. The molecule has 7 nitrogen and oxygen atoms in total. The first-order chi connectivity index (χ1) is 13.1. The zero-order valence-corrected chi connectivity index (χ0v) is 15.8. The number of rotatable bonds is 9. The van der Waals surface area contributed by atoms with Crippen LogP contribution in [0.5, 0.6) is 11.5 Å². The smallest absolute Gasteiger partial charge is 0.387 e. The van der Waals surface area contributed by atoms with Gasteiger partial charge in [-0.2, -0.15) is 8.78 Å². The zero-order valence-electron chi connectivity index (χ0n) is 15.8. The second-order valence-corrected chi connectivity index (χ2v) is 5.93. The molecular weight excluding hydrogens is 358 g/mol. The molecule has 0 bridgehead atoms. The second-order valence-electron chi connectivity index (χ2n) is 5.93. The average Bonchev–Trinajstić information content (AvgIpc) is 2.67. The lowest BCUT2D eigenvalue weighted by atomic mass is 10.2. The summed E-state index contributed by atoms with van der Waals surface area (Å²) in [5, 5.41) is 6.42. The molecule has 1 aliphatic heterocycles. The number of alkyl halides is 2. The van der Waals surface area contributed by atoms with Crippen LogP contribution in [0.4, 0.5) is 8.78 Å². The molecule has 2 rings (SSSR count). The third kappa shape index (κ3) is 7.56. The van der Waals surface area contributed by atoms with Gasteiger partial charge in [0.15, 0.2) is 5.96 Å². The lowest BCUT2D eigenvalue weighted by Gasteiger charge is -2.26. The van der Waals surface area contributed by atoms with Gasteiger partial charge in [0.2, 0.25) is 0 Å². The van der Waals surface area contributed by atoms with Crippen LogP contribution < -0.4 is 20.1 Å². The molecule has 0 radical (unpaired) electrons. The summed E-state index contributed by atoms with van der Waals surface area (Å²) >= 11 is 0. The fourth-order valence-electron chi connectivity index (χ4n) is 2.68. The minimum atomic E-state index is -2.89. The van der Waals surface area contributed by atoms with Crippen LogP contribution >= 0.6 is 0 Å². The van der Waals surface area contributed by atoms with E-state index in [4.69, 9.17) is 9.47 Å². The molecule has 1 aliphatic rings. The largest absolute Gasteiger partial charge is 0.497 e. The van der Waals surface area contributed by atoms with Crippen LogP contribution in [0.25, 0.3) is 0 Å². The topological polar surface area (TPSA) is 67.4 Å². The van der Waals surface area contributed by atoms with E-state index in [0.29, 0.717) is 23.8 Å². The SMILES string of the molecule is CCNC(=NCc1cc(OC)ccc1OC(F)F)NCCN1CCOCC1. The summed E-state index contributed by atoms with van der Waals surface area (Å²) in [6.07, 6.45) is 0. The summed E-state index contributed by atoms with van der Waals surface area (Å²) in [6.45, 7) is 4.94. The molecule has 0 saturated carbocycles. The maximum atomic E-state index is 12.6. The summed E-state index contributed by atoms with van der Waals surface area (Å²) in [4.78, 5) is 6.80. The van der Waals surface area contributed by atoms with Gasteiger partial charge in [0.05, 0.1) is 26.9 Å². The average molecular weight is 386 g/mol. The van der Waals surface area contributed by atoms with Crippen molar-refractivity contribution in [3.8, 4) is 11.5 Å². The van der Waals surface area contributed by atoms with Gasteiger partial charge in [-0.3, -0.25) is 4.90 Å². The highest BCUT2D eigenvalue weighted by Gasteiger charge is 2.12. The first-order valence-electron chi connectivity index (χ1n) is 9.06. The van der Waals surface area contributed by atoms with E-state index < -0.39 is 6.61 Å². The zero-order chi connectivity index (χ0) is 19.5. The molecule has 9 heteroatoms. The van der Waals surface area contributed by atoms with Crippen molar-refractivity contribution in [2.75, 3.05) is 53.0 Å². The van der Waals surface area contributed by atoms with Crippen LogP contribution in [0.1, 0.15) is 12.5 Å². The second kappa shape index (κ2) is 11.6. The van der Waals surface area contributed by atoms with Gasteiger partial charge in [-0.05, 0) is 25.1 Å². The van der Waals surface area contributed by atoms with E-state index in [1.165, 1.54) is 13.2 Å². The Morgan fingerprint density at radius 1 is 1.30 bits per heavy atom. The van der Waals surface area contributed by atoms with Crippen LogP contribution in [0.2, 0.25) is 0 Å². The molecule has 1 aromatic rings. The Morgan fingerprint density at radius 2 is 2.07 bits per heavy atom. The molecule has 0 amide bonds. The Bertz CT molecular complexity index is 596. The third-order valence-corrected chi connectivity index (χ3v) is 4.06. The fourth-order valence-corrected chi connectivity index (χ4v) is 2.68. The lowest BCUT2D eigenvalue weighted by molar-refractivity contribution is -0.0504. The maximum absolute atomic E-state index is 12.6. The molecule has 0 aromatic heterocycles. The quantitative estimate of drug-likeness (QED) is 0.497. The minimum absolute atomic E-state index is 0.0960. The van der Waals surface area contributed by atoms with Crippen molar-refractivity contribution in [2.24, 2.45) is 4.99 Å². The van der Waals surface area contributed by atoms with Crippen LogP contribution in [0.15, 0.2) is 23.2 Å². The minimum Gasteiger partial charge on any atom is -0.497 e. The number of nitrogens with zero attached hydrogens (tertiary/aromatic N) is 2. The van der Waals surface area contributed by atoms with Gasteiger partial charge < -0.3 is 24.8 Å². The van der Waals surface area contributed by atoms with Crippen molar-refractivity contribution >= 4 is 5.96 Å². The van der Waals surface area contributed by atoms with E-state index in [2.05, 4.69) is 25.3 Å². The summed E-state index contributed by atoms with van der Waals surface area (Å²) in [7, 11) is 1.52. The Morgan fingerprint density at radius 3 is 2.74 bits per heavy atom. The van der Waals surface area contributed by atoms with Crippen molar-refractivity contribution in [1.29, 1.82) is 0 Å². The number of benzene rings is 1. The summed E-state index contributed by atoms with van der Waals surface area (Å²) in [5.41, 5.74) is 0.528. The van der Waals surface area contributed by atoms with Gasteiger partial charge in [0, 0.05) is 38.3 Å². The molecule has 1 heterocycles. The van der Waals surface area contributed by atoms with Crippen molar-refractivity contribution in [2.45, 2.75) is 20.1 Å². The van der Waals surface area contributed by atoms with Crippen molar-refractivity contribution in [3.05, 3.63) is 23.8 Å². The summed E-state index contributed by atoms with van der Waals surface area (Å²) in [6, 6.07) is 4.70. The molecule has 1 aromatic carbocycles. The number of morpholine rings is 1. The predicted octanol–water partition coefficient (Wildman–Crippen LogP) is 1.68. The van der Waals surface area contributed by atoms with Crippen LogP contribution in [-0.2, 0) is 11.3 Å². The molecule has 0 atom stereocenters. The molecule has 0 aliphatic carbocycles. The number of guanidine groups is 1. The van der Waals surface area contributed by atoms with E-state index in [0.717, 1.165) is 39.4 Å². The summed E-state index contributed by atoms with van der Waals surface area (Å²) in [5.74, 6) is 1.28. The standard InChI is InChI=1S/C18H28F2N4O3/c1-3-21-18(22-6-7-24-8-10-26-11-9-24)23-13-14-12-15(25-2)4-5-16(14)27-17(19)20/h4-5,12,17H,3,6-11,13H2,1-2H3,(H2,21,22,23). The van der Waals surface area contributed by atoms with Crippen molar-refractivity contribution in [1.82, 2.24) is 15.5 Å². The van der Waals surface area contributed by atoms with E-state index in [1.54, 1.807) is 12.1 Å². The van der Waals surface area contributed by atoms with Gasteiger partial charge >= 0.3 is 6.61 Å². The number of aliphatic imine (C=N–C) groups is 1. The first kappa shape index (κ1) is 21.2. The summed E-state index contributed by atoms with van der Waals surface area (Å²) < 4.78 is 40.3. The van der Waals surface area contributed by atoms with Crippen LogP contribution in [0.3, 0.4) is 0 Å². The first-order valence-corrected chi connectivity index (χ1v) is 9.06. The van der Waals surface area contributed by atoms with Crippen LogP contribution in [-0.4, -0.2) is 70.5 Å². The lowest BCUT2D eigenvalue weighted by Crippen LogP contribution is -2.44. The number of halogens is 2. The van der Waals surface area contributed by atoms with Gasteiger partial charge in [-0.1, -0.05) is 0 Å². The number of nitrogens with one attached hydrogen (secondary N) is 2. The Labute approximate surface area is 158 Å². The molecule has 152 valence electrons. The van der Waals surface area contributed by atoms with Crippen molar-refractivity contribution in [3.63, 3.8) is 0 Å². The number of ether oxygens (including phenoxy) is 3. The van der Waals surface area contributed by atoms with E-state index >= 15 is 0 Å². The highest BCUT2D eigenvalue weighted by Crippen LogP contribution is 2.26. The maximum Gasteiger partial charge on any atom is 0.387 e. The Balaban J connectivity index is 1.97. The monoisotopic (exact) mass is 386 g/mol. The van der Waals surface area contributed by atoms with Gasteiger partial charge in [-0.25, -0.2) is 4.99 Å². The molecule has 0 spiro atoms. The van der Waals surface area contributed by atoms with E-state index in [1.807, 2.05) is 6.92 Å². The molecule has 0 unspecified atom stereocenters. The predicted molar refractivity (Wildman–Crippen MR) is 99.7 cm³/mol. The van der Waals surface area contributed by atoms with E-state index in [-0.39, 0.29) is 12.3 Å². The van der Waals surface area contributed by atoms with Crippen molar-refractivity contribution < 1.29 is 23.0 Å². The fraction of sp³-hybridized carbons (Fsp3) is 0.611. The normalized spacial score (nSPS) is 15.7. The Hall–Kier alpha value is -2.13. The van der Waals surface area contributed by atoms with Gasteiger partial charge in [0.1, 0.15) is 11.5 Å². The highest BCUT2D eigenvalue weighted by molar-refractivity contribution is 5.79. The Kier molecular flexibility index (Phi) is 9.06. The molecule has 27 heavy (non-hydrogen) atoms. The number of methoxy groups -OCH3 is 1. The molecular formula is C18H28F2N4O3. The molecule has 1 saturated heterocycles. The third-order valence-electron chi connectivity index (χ3n) is 4.06. The van der Waals surface area contributed by atoms with Gasteiger partial charge in [-0.15, -0.1) is 0 Å².